The third kappa shape index (κ3) is 2.80. The van der Waals surface area contributed by atoms with Gasteiger partial charge in [0.1, 0.15) is 0 Å². The van der Waals surface area contributed by atoms with Crippen molar-refractivity contribution in [3.05, 3.63) is 23.8 Å². The molecule has 1 aliphatic heterocycles. The van der Waals surface area contributed by atoms with Crippen LogP contribution in [0.15, 0.2) is 18.2 Å². The number of hydrogen-bond acceptors (Lipinski definition) is 4. The molecule has 0 radical (unpaired) electrons. The summed E-state index contributed by atoms with van der Waals surface area (Å²) in [6.45, 7) is 1.90. The van der Waals surface area contributed by atoms with Gasteiger partial charge in [-0.15, -0.1) is 0 Å². The second-order valence-corrected chi connectivity index (χ2v) is 7.95. The summed E-state index contributed by atoms with van der Waals surface area (Å²) in [7, 11) is 3.92. The number of rotatable bonds is 5. The number of benzene rings is 1. The van der Waals surface area contributed by atoms with Gasteiger partial charge in [-0.3, -0.25) is 0 Å². The van der Waals surface area contributed by atoms with Gasteiger partial charge in [-0.1, -0.05) is 6.07 Å². The van der Waals surface area contributed by atoms with Crippen LogP contribution in [0, 0.1) is 5.92 Å². The SMILES string of the molecule is COc1cc([C@@]23CC[C@H](O)C[C@@H]2N(C)CC3)ccc1OCC1CC1. The fourth-order valence-corrected chi connectivity index (χ4v) is 4.69. The molecule has 1 heterocycles. The fourth-order valence-electron chi connectivity index (χ4n) is 4.69. The molecule has 1 saturated heterocycles. The molecule has 0 unspecified atom stereocenters. The van der Waals surface area contributed by atoms with E-state index in [1.807, 2.05) is 0 Å². The maximum absolute atomic E-state index is 10.1. The highest BCUT2D eigenvalue weighted by Crippen LogP contribution is 2.49. The second kappa shape index (κ2) is 6.23. The molecule has 1 aromatic rings. The minimum atomic E-state index is -0.160. The highest BCUT2D eigenvalue weighted by Gasteiger charge is 2.50. The Labute approximate surface area is 144 Å². The van der Waals surface area contributed by atoms with Gasteiger partial charge >= 0.3 is 0 Å². The van der Waals surface area contributed by atoms with Crippen LogP contribution in [-0.2, 0) is 5.41 Å². The molecule has 2 aliphatic carbocycles. The lowest BCUT2D eigenvalue weighted by Crippen LogP contribution is -2.47. The Balaban J connectivity index is 1.62. The van der Waals surface area contributed by atoms with Crippen molar-refractivity contribution in [3.63, 3.8) is 0 Å². The van der Waals surface area contributed by atoms with Gasteiger partial charge in [0, 0.05) is 11.5 Å². The van der Waals surface area contributed by atoms with Crippen molar-refractivity contribution in [1.29, 1.82) is 0 Å². The Bertz CT molecular complexity index is 601. The number of nitrogens with zero attached hydrogens (tertiary/aromatic N) is 1. The van der Waals surface area contributed by atoms with Crippen LogP contribution >= 0.6 is 0 Å². The molecule has 2 saturated carbocycles. The van der Waals surface area contributed by atoms with Gasteiger partial charge in [0.05, 0.1) is 19.8 Å². The molecule has 3 atom stereocenters. The summed E-state index contributed by atoms with van der Waals surface area (Å²) in [5.74, 6) is 2.45. The highest BCUT2D eigenvalue weighted by molar-refractivity contribution is 5.46. The minimum absolute atomic E-state index is 0.149. The minimum Gasteiger partial charge on any atom is -0.493 e. The first-order chi connectivity index (χ1) is 11.6. The summed E-state index contributed by atoms with van der Waals surface area (Å²) < 4.78 is 11.6. The third-order valence-electron chi connectivity index (χ3n) is 6.41. The third-order valence-corrected chi connectivity index (χ3v) is 6.41. The monoisotopic (exact) mass is 331 g/mol. The highest BCUT2D eigenvalue weighted by atomic mass is 16.5. The van der Waals surface area contributed by atoms with Crippen molar-refractivity contribution in [3.8, 4) is 11.5 Å². The zero-order chi connectivity index (χ0) is 16.7. The van der Waals surface area contributed by atoms with E-state index in [0.29, 0.717) is 6.04 Å². The molecule has 0 spiro atoms. The molecule has 4 nitrogen and oxygen atoms in total. The van der Waals surface area contributed by atoms with Crippen LogP contribution in [-0.4, -0.2) is 49.5 Å². The van der Waals surface area contributed by atoms with Crippen molar-refractivity contribution in [2.45, 2.75) is 56.1 Å². The summed E-state index contributed by atoms with van der Waals surface area (Å²) in [5.41, 5.74) is 1.50. The van der Waals surface area contributed by atoms with Crippen LogP contribution in [0.4, 0.5) is 0 Å². The molecule has 3 fully saturated rings. The van der Waals surface area contributed by atoms with E-state index in [9.17, 15) is 5.11 Å². The second-order valence-electron chi connectivity index (χ2n) is 7.95. The van der Waals surface area contributed by atoms with E-state index >= 15 is 0 Å². The summed E-state index contributed by atoms with van der Waals surface area (Å²) in [6.07, 6.45) is 6.40. The van der Waals surface area contributed by atoms with Gasteiger partial charge in [0.15, 0.2) is 11.5 Å². The molecule has 0 aromatic heterocycles. The average molecular weight is 331 g/mol. The van der Waals surface area contributed by atoms with Gasteiger partial charge < -0.3 is 19.5 Å². The number of aliphatic hydroxyl groups is 1. The first-order valence-corrected chi connectivity index (χ1v) is 9.32. The molecule has 1 aromatic carbocycles. The summed E-state index contributed by atoms with van der Waals surface area (Å²) >= 11 is 0. The lowest BCUT2D eigenvalue weighted by Gasteiger charge is -2.43. The van der Waals surface area contributed by atoms with E-state index in [1.54, 1.807) is 7.11 Å². The first kappa shape index (κ1) is 16.2. The van der Waals surface area contributed by atoms with E-state index in [2.05, 4.69) is 30.1 Å². The number of ether oxygens (including phenoxy) is 2. The number of likely N-dealkylation sites (N-methyl/N-ethyl adjacent to an activating group) is 1. The number of likely N-dealkylation sites (tertiary alicyclic amines) is 1. The fraction of sp³-hybridized carbons (Fsp3) is 0.700. The normalized spacial score (nSPS) is 33.3. The number of methoxy groups -OCH3 is 1. The molecule has 132 valence electrons. The van der Waals surface area contributed by atoms with E-state index < -0.39 is 0 Å². The molecule has 3 aliphatic rings. The summed E-state index contributed by atoms with van der Waals surface area (Å²) in [4.78, 5) is 2.42. The lowest BCUT2D eigenvalue weighted by atomic mass is 9.65. The van der Waals surface area contributed by atoms with Crippen molar-refractivity contribution in [2.24, 2.45) is 5.92 Å². The van der Waals surface area contributed by atoms with Crippen LogP contribution in [0.3, 0.4) is 0 Å². The Hall–Kier alpha value is -1.26. The quantitative estimate of drug-likeness (QED) is 0.901. The van der Waals surface area contributed by atoms with Gasteiger partial charge in [0.25, 0.3) is 0 Å². The van der Waals surface area contributed by atoms with Crippen molar-refractivity contribution in [1.82, 2.24) is 4.90 Å². The molecule has 0 amide bonds. The molecule has 4 rings (SSSR count). The van der Waals surface area contributed by atoms with Gasteiger partial charge in [0.2, 0.25) is 0 Å². The maximum Gasteiger partial charge on any atom is 0.161 e. The smallest absolute Gasteiger partial charge is 0.161 e. The van der Waals surface area contributed by atoms with E-state index in [-0.39, 0.29) is 11.5 Å². The molecule has 4 heteroatoms. The van der Waals surface area contributed by atoms with Crippen molar-refractivity contribution >= 4 is 0 Å². The first-order valence-electron chi connectivity index (χ1n) is 9.32. The average Bonchev–Trinajstić information content (AvgIpc) is 3.37. The van der Waals surface area contributed by atoms with E-state index in [1.165, 1.54) is 18.4 Å². The Morgan fingerprint density at radius 1 is 1.21 bits per heavy atom. The van der Waals surface area contributed by atoms with Crippen LogP contribution in [0.1, 0.15) is 44.1 Å². The molecule has 0 bridgehead atoms. The van der Waals surface area contributed by atoms with Gasteiger partial charge in [-0.2, -0.15) is 0 Å². The maximum atomic E-state index is 10.1. The molecular weight excluding hydrogens is 302 g/mol. The van der Waals surface area contributed by atoms with Crippen molar-refractivity contribution in [2.75, 3.05) is 27.3 Å². The summed E-state index contributed by atoms with van der Waals surface area (Å²) in [6, 6.07) is 6.93. The van der Waals surface area contributed by atoms with E-state index in [4.69, 9.17) is 9.47 Å². The molecular formula is C20H29NO3. The Morgan fingerprint density at radius 3 is 2.79 bits per heavy atom. The summed E-state index contributed by atoms with van der Waals surface area (Å²) in [5, 5.41) is 10.1. The van der Waals surface area contributed by atoms with Crippen LogP contribution in [0.5, 0.6) is 11.5 Å². The topological polar surface area (TPSA) is 41.9 Å². The zero-order valence-corrected chi connectivity index (χ0v) is 14.8. The predicted octanol–water partition coefficient (Wildman–Crippen LogP) is 2.97. The zero-order valence-electron chi connectivity index (χ0n) is 14.8. The number of aliphatic hydroxyl groups excluding tert-OH is 1. The van der Waals surface area contributed by atoms with Gasteiger partial charge in [-0.25, -0.2) is 0 Å². The molecule has 24 heavy (non-hydrogen) atoms. The van der Waals surface area contributed by atoms with Crippen LogP contribution in [0.25, 0.3) is 0 Å². The number of hydrogen-bond donors (Lipinski definition) is 1. The Morgan fingerprint density at radius 2 is 2.04 bits per heavy atom. The van der Waals surface area contributed by atoms with Crippen LogP contribution < -0.4 is 9.47 Å². The molecule has 1 N–H and O–H groups in total. The number of fused-ring (bicyclic) bond motifs is 1. The van der Waals surface area contributed by atoms with Crippen LogP contribution in [0.2, 0.25) is 0 Å². The Kier molecular flexibility index (Phi) is 4.21. The van der Waals surface area contributed by atoms with Crippen molar-refractivity contribution < 1.29 is 14.6 Å². The standard InChI is InChI=1S/C20H29NO3/c1-21-10-9-20(8-7-16(22)12-19(20)21)15-5-6-17(18(11-15)23-2)24-13-14-3-4-14/h5-6,11,14,16,19,22H,3-4,7-10,12-13H2,1-2H3/t16-,19-,20-/m0/s1. The van der Waals surface area contributed by atoms with E-state index in [0.717, 1.165) is 56.3 Å². The van der Waals surface area contributed by atoms with Gasteiger partial charge in [-0.05, 0) is 75.7 Å². The lowest BCUT2D eigenvalue weighted by molar-refractivity contribution is 0.0566. The largest absolute Gasteiger partial charge is 0.493 e. The predicted molar refractivity (Wildman–Crippen MR) is 93.8 cm³/mol.